The van der Waals surface area contributed by atoms with E-state index < -0.39 is 6.04 Å². The summed E-state index contributed by atoms with van der Waals surface area (Å²) in [5, 5.41) is 12.5. The van der Waals surface area contributed by atoms with Crippen LogP contribution in [0.15, 0.2) is 53.7 Å². The van der Waals surface area contributed by atoms with E-state index in [-0.39, 0.29) is 5.82 Å². The van der Waals surface area contributed by atoms with Crippen LogP contribution in [-0.4, -0.2) is 55.6 Å². The fourth-order valence-corrected chi connectivity index (χ4v) is 3.55. The van der Waals surface area contributed by atoms with Crippen LogP contribution in [0.3, 0.4) is 0 Å². The second-order valence-corrected chi connectivity index (χ2v) is 8.13. The van der Waals surface area contributed by atoms with Crippen molar-refractivity contribution in [2.45, 2.75) is 19.9 Å². The predicted molar refractivity (Wildman–Crippen MR) is 124 cm³/mol. The van der Waals surface area contributed by atoms with Crippen molar-refractivity contribution in [2.24, 2.45) is 12.0 Å². The van der Waals surface area contributed by atoms with Crippen LogP contribution in [0.4, 0.5) is 16.0 Å². The zero-order chi connectivity index (χ0) is 22.8. The summed E-state index contributed by atoms with van der Waals surface area (Å²) in [5.41, 5.74) is 3.59. The second kappa shape index (κ2) is 8.88. The normalized spacial score (nSPS) is 13.2. The van der Waals surface area contributed by atoms with Crippen molar-refractivity contribution in [3.05, 3.63) is 71.6 Å². The fraction of sp³-hybridized carbons (Fsp3) is 0.304. The maximum absolute atomic E-state index is 13.6. The van der Waals surface area contributed by atoms with Crippen molar-refractivity contribution in [1.82, 2.24) is 29.3 Å². The fourth-order valence-electron chi connectivity index (χ4n) is 3.55. The number of anilines is 2. The van der Waals surface area contributed by atoms with Gasteiger partial charge in [-0.15, -0.1) is 5.10 Å². The SMILES string of the molecule is CC(CN(C)C)=NC(c1ccc(F)cc1)c1nc(Nc2cc(C)n(C)n2)c2cccn2n1. The van der Waals surface area contributed by atoms with Crippen LogP contribution in [0.1, 0.15) is 30.0 Å². The van der Waals surface area contributed by atoms with Crippen molar-refractivity contribution < 1.29 is 4.39 Å². The molecule has 0 aliphatic carbocycles. The number of rotatable bonds is 7. The zero-order valence-corrected chi connectivity index (χ0v) is 18.9. The molecule has 1 unspecified atom stereocenters. The molecular formula is C23H27FN8. The van der Waals surface area contributed by atoms with Crippen LogP contribution in [0.2, 0.25) is 0 Å². The highest BCUT2D eigenvalue weighted by molar-refractivity contribution is 5.84. The molecule has 0 saturated heterocycles. The average molecular weight is 435 g/mol. The third-order valence-electron chi connectivity index (χ3n) is 5.09. The summed E-state index contributed by atoms with van der Waals surface area (Å²) in [6.07, 6.45) is 1.87. The summed E-state index contributed by atoms with van der Waals surface area (Å²) in [6, 6.07) is 11.7. The average Bonchev–Trinajstić information content (AvgIpc) is 3.32. The highest BCUT2D eigenvalue weighted by Crippen LogP contribution is 2.27. The molecule has 0 aliphatic heterocycles. The molecule has 9 heteroatoms. The van der Waals surface area contributed by atoms with Gasteiger partial charge in [-0.2, -0.15) is 5.10 Å². The number of halogens is 1. The Hall–Kier alpha value is -3.59. The van der Waals surface area contributed by atoms with Crippen LogP contribution in [-0.2, 0) is 7.05 Å². The van der Waals surface area contributed by atoms with Gasteiger partial charge in [0.2, 0.25) is 0 Å². The number of nitrogens with one attached hydrogen (secondary N) is 1. The lowest BCUT2D eigenvalue weighted by molar-refractivity contribution is 0.467. The van der Waals surface area contributed by atoms with Crippen LogP contribution < -0.4 is 5.32 Å². The van der Waals surface area contributed by atoms with Crippen LogP contribution >= 0.6 is 0 Å². The maximum Gasteiger partial charge on any atom is 0.180 e. The number of aromatic nitrogens is 5. The molecule has 1 atom stereocenters. The molecule has 4 aromatic rings. The molecule has 32 heavy (non-hydrogen) atoms. The minimum Gasteiger partial charge on any atom is -0.322 e. The maximum atomic E-state index is 13.6. The minimum atomic E-state index is -0.478. The van der Waals surface area contributed by atoms with Crippen LogP contribution in [0.5, 0.6) is 0 Å². The van der Waals surface area contributed by atoms with Gasteiger partial charge in [0.15, 0.2) is 17.5 Å². The summed E-state index contributed by atoms with van der Waals surface area (Å²) >= 11 is 0. The molecule has 166 valence electrons. The Morgan fingerprint density at radius 1 is 1.19 bits per heavy atom. The Bertz CT molecular complexity index is 1230. The Morgan fingerprint density at radius 2 is 1.94 bits per heavy atom. The summed E-state index contributed by atoms with van der Waals surface area (Å²) < 4.78 is 17.2. The van der Waals surface area contributed by atoms with Gasteiger partial charge in [-0.3, -0.25) is 9.67 Å². The number of aliphatic imine (C=N–C) groups is 1. The van der Waals surface area contributed by atoms with Gasteiger partial charge in [0.25, 0.3) is 0 Å². The Balaban J connectivity index is 1.82. The molecule has 0 bridgehead atoms. The van der Waals surface area contributed by atoms with Crippen molar-refractivity contribution in [3.8, 4) is 0 Å². The number of benzene rings is 1. The van der Waals surface area contributed by atoms with E-state index in [1.807, 2.05) is 64.3 Å². The molecule has 4 rings (SSSR count). The molecule has 8 nitrogen and oxygen atoms in total. The van der Waals surface area contributed by atoms with Crippen molar-refractivity contribution in [1.29, 1.82) is 0 Å². The molecule has 0 radical (unpaired) electrons. The number of aryl methyl sites for hydroxylation is 2. The Morgan fingerprint density at radius 3 is 2.59 bits per heavy atom. The van der Waals surface area contributed by atoms with Gasteiger partial charge < -0.3 is 10.2 Å². The number of hydrogen-bond acceptors (Lipinski definition) is 6. The molecule has 1 aromatic carbocycles. The minimum absolute atomic E-state index is 0.295. The van der Waals surface area contributed by atoms with Crippen molar-refractivity contribution in [3.63, 3.8) is 0 Å². The number of nitrogens with zero attached hydrogens (tertiary/aromatic N) is 7. The lowest BCUT2D eigenvalue weighted by Crippen LogP contribution is -2.21. The van der Waals surface area contributed by atoms with Crippen molar-refractivity contribution in [2.75, 3.05) is 26.0 Å². The lowest BCUT2D eigenvalue weighted by atomic mass is 10.1. The summed E-state index contributed by atoms with van der Waals surface area (Å²) in [5.74, 6) is 1.54. The van der Waals surface area contributed by atoms with Gasteiger partial charge in [-0.05, 0) is 57.8 Å². The summed E-state index contributed by atoms with van der Waals surface area (Å²) in [4.78, 5) is 11.8. The van der Waals surface area contributed by atoms with E-state index >= 15 is 0 Å². The predicted octanol–water partition coefficient (Wildman–Crippen LogP) is 3.77. The summed E-state index contributed by atoms with van der Waals surface area (Å²) in [6.45, 7) is 4.66. The van der Waals surface area contributed by atoms with Gasteiger partial charge in [-0.1, -0.05) is 12.1 Å². The van der Waals surface area contributed by atoms with Gasteiger partial charge in [-0.25, -0.2) is 13.9 Å². The van der Waals surface area contributed by atoms with Gasteiger partial charge in [0.1, 0.15) is 17.4 Å². The molecular weight excluding hydrogens is 407 g/mol. The first-order valence-electron chi connectivity index (χ1n) is 10.4. The third-order valence-corrected chi connectivity index (χ3v) is 5.09. The van der Waals surface area contributed by atoms with Crippen molar-refractivity contribution >= 4 is 22.9 Å². The summed E-state index contributed by atoms with van der Waals surface area (Å²) in [7, 11) is 5.88. The smallest absolute Gasteiger partial charge is 0.180 e. The molecule has 0 fully saturated rings. The first kappa shape index (κ1) is 21.6. The molecule has 1 N–H and O–H groups in total. The van der Waals surface area contributed by atoms with E-state index in [2.05, 4.69) is 10.4 Å². The zero-order valence-electron chi connectivity index (χ0n) is 18.9. The third kappa shape index (κ3) is 4.67. The van der Waals surface area contributed by atoms with E-state index in [4.69, 9.17) is 15.1 Å². The molecule has 0 amide bonds. The van der Waals surface area contributed by atoms with E-state index in [9.17, 15) is 4.39 Å². The standard InChI is InChI=1S/C23H27FN8/c1-15(14-30(3)4)25-21(17-8-10-18(24)11-9-17)23-27-22(19-7-6-12-32(19)29-23)26-20-13-16(2)31(5)28-20/h6-13,21H,14H2,1-5H3,(H,26,27,28,29). The van der Waals surface area contributed by atoms with Gasteiger partial charge >= 0.3 is 0 Å². The number of hydrogen-bond donors (Lipinski definition) is 1. The van der Waals surface area contributed by atoms with Gasteiger partial charge in [0.05, 0.1) is 0 Å². The Labute approximate surface area is 186 Å². The Kier molecular flexibility index (Phi) is 6.00. The van der Waals surface area contributed by atoms with E-state index in [0.717, 1.165) is 22.5 Å². The molecule has 3 aromatic heterocycles. The van der Waals surface area contributed by atoms with Crippen LogP contribution in [0.25, 0.3) is 5.52 Å². The van der Waals surface area contributed by atoms with Gasteiger partial charge in [0, 0.05) is 37.3 Å². The van der Waals surface area contributed by atoms with E-state index in [0.29, 0.717) is 24.0 Å². The second-order valence-electron chi connectivity index (χ2n) is 8.13. The highest BCUT2D eigenvalue weighted by atomic mass is 19.1. The largest absolute Gasteiger partial charge is 0.322 e. The first-order chi connectivity index (χ1) is 15.3. The monoisotopic (exact) mass is 434 g/mol. The first-order valence-corrected chi connectivity index (χ1v) is 10.4. The van der Waals surface area contributed by atoms with E-state index in [1.54, 1.807) is 21.3 Å². The topological polar surface area (TPSA) is 75.6 Å². The molecule has 3 heterocycles. The molecule has 0 saturated carbocycles. The van der Waals surface area contributed by atoms with E-state index in [1.165, 1.54) is 12.1 Å². The number of fused-ring (bicyclic) bond motifs is 1. The lowest BCUT2D eigenvalue weighted by Gasteiger charge is -2.17. The molecule has 0 spiro atoms. The quantitative estimate of drug-likeness (QED) is 0.448. The highest BCUT2D eigenvalue weighted by Gasteiger charge is 2.20. The molecule has 0 aliphatic rings. The van der Waals surface area contributed by atoms with Crippen LogP contribution in [0, 0.1) is 12.7 Å².